The molecule has 1 N–H and O–H groups in total. The number of ether oxygens (including phenoxy) is 2. The van der Waals surface area contributed by atoms with Crippen molar-refractivity contribution in [2.24, 2.45) is 5.92 Å². The van der Waals surface area contributed by atoms with Gasteiger partial charge in [-0.1, -0.05) is 0 Å². The van der Waals surface area contributed by atoms with Crippen molar-refractivity contribution in [1.29, 1.82) is 0 Å². The van der Waals surface area contributed by atoms with Crippen LogP contribution in [0.15, 0.2) is 0 Å². The van der Waals surface area contributed by atoms with Crippen LogP contribution >= 0.6 is 0 Å². The van der Waals surface area contributed by atoms with Gasteiger partial charge in [0, 0.05) is 6.42 Å². The van der Waals surface area contributed by atoms with E-state index in [1.165, 1.54) is 0 Å². The zero-order chi connectivity index (χ0) is 13.3. The molecule has 0 radical (unpaired) electrons. The quantitative estimate of drug-likeness (QED) is 0.520. The average molecular weight is 242 g/mol. The molecule has 0 bridgehead atoms. The molecule has 0 aliphatic rings. The minimum Gasteiger partial charge on any atom is -0.466 e. The number of carbonyl (C=O) groups is 2. The summed E-state index contributed by atoms with van der Waals surface area (Å²) in [7, 11) is 0. The first-order valence-corrected chi connectivity index (χ1v) is 5.50. The van der Waals surface area contributed by atoms with Gasteiger partial charge in [0.05, 0.1) is 31.7 Å². The molecular formula is C12H18O5. The molecule has 0 saturated carbocycles. The first kappa shape index (κ1) is 15.5. The Balaban J connectivity index is 4.43. The van der Waals surface area contributed by atoms with E-state index in [-0.39, 0.29) is 26.1 Å². The first-order chi connectivity index (χ1) is 8.06. The number of aliphatic hydroxyl groups is 1. The highest BCUT2D eigenvalue weighted by atomic mass is 16.5. The number of hydrogen-bond donors (Lipinski definition) is 1. The van der Waals surface area contributed by atoms with Crippen LogP contribution in [0.3, 0.4) is 0 Å². The number of rotatable bonds is 7. The first-order valence-electron chi connectivity index (χ1n) is 5.50. The Morgan fingerprint density at radius 2 is 1.88 bits per heavy atom. The Morgan fingerprint density at radius 3 is 2.35 bits per heavy atom. The van der Waals surface area contributed by atoms with Crippen LogP contribution in [0.1, 0.15) is 26.7 Å². The third kappa shape index (κ3) is 5.93. The second-order valence-electron chi connectivity index (χ2n) is 3.34. The fourth-order valence-corrected chi connectivity index (χ4v) is 1.29. The second-order valence-corrected chi connectivity index (χ2v) is 3.34. The highest BCUT2D eigenvalue weighted by Crippen LogP contribution is 2.14. The maximum absolute atomic E-state index is 11.5. The van der Waals surface area contributed by atoms with Crippen molar-refractivity contribution in [3.8, 4) is 12.3 Å². The van der Waals surface area contributed by atoms with E-state index in [9.17, 15) is 14.7 Å². The van der Waals surface area contributed by atoms with E-state index in [1.54, 1.807) is 13.8 Å². The van der Waals surface area contributed by atoms with Crippen molar-refractivity contribution in [3.63, 3.8) is 0 Å². The lowest BCUT2D eigenvalue weighted by Gasteiger charge is -2.18. The van der Waals surface area contributed by atoms with E-state index in [4.69, 9.17) is 11.2 Å². The molecular weight excluding hydrogens is 224 g/mol. The predicted molar refractivity (Wildman–Crippen MR) is 60.8 cm³/mol. The van der Waals surface area contributed by atoms with E-state index in [0.717, 1.165) is 0 Å². The predicted octanol–water partition coefficient (Wildman–Crippen LogP) is 0.503. The fourth-order valence-electron chi connectivity index (χ4n) is 1.29. The number of terminal acetylenes is 1. The molecule has 2 atom stereocenters. The van der Waals surface area contributed by atoms with E-state index in [0.29, 0.717) is 0 Å². The molecule has 0 aromatic heterocycles. The molecule has 0 amide bonds. The minimum absolute atomic E-state index is 0.0272. The monoisotopic (exact) mass is 242 g/mol. The van der Waals surface area contributed by atoms with Crippen LogP contribution < -0.4 is 0 Å². The van der Waals surface area contributed by atoms with Gasteiger partial charge in [-0.2, -0.15) is 0 Å². The van der Waals surface area contributed by atoms with Gasteiger partial charge in [-0.05, 0) is 13.8 Å². The van der Waals surface area contributed by atoms with Crippen LogP contribution in [0.4, 0.5) is 0 Å². The molecule has 0 spiro atoms. The lowest BCUT2D eigenvalue weighted by Crippen LogP contribution is -2.32. The zero-order valence-electron chi connectivity index (χ0n) is 10.1. The number of aliphatic hydroxyl groups excluding tert-OH is 1. The van der Waals surface area contributed by atoms with E-state index < -0.39 is 24.0 Å². The van der Waals surface area contributed by atoms with Crippen LogP contribution in [0.5, 0.6) is 0 Å². The van der Waals surface area contributed by atoms with E-state index >= 15 is 0 Å². The topological polar surface area (TPSA) is 72.8 Å². The molecule has 0 unspecified atom stereocenters. The summed E-state index contributed by atoms with van der Waals surface area (Å²) in [6.45, 7) is 3.74. The van der Waals surface area contributed by atoms with Crippen molar-refractivity contribution < 1.29 is 24.2 Å². The SMILES string of the molecule is C#CC[C@@H](C(=O)OCC)[C@H](O)CC(=O)OCC. The molecule has 17 heavy (non-hydrogen) atoms. The zero-order valence-corrected chi connectivity index (χ0v) is 10.1. The molecule has 0 fully saturated rings. The van der Waals surface area contributed by atoms with Crippen molar-refractivity contribution in [2.75, 3.05) is 13.2 Å². The fraction of sp³-hybridized carbons (Fsp3) is 0.667. The normalized spacial score (nSPS) is 13.3. The Labute approximate surface area is 101 Å². The molecule has 5 heteroatoms. The molecule has 0 aliphatic carbocycles. The van der Waals surface area contributed by atoms with Gasteiger partial charge in [0.15, 0.2) is 0 Å². The molecule has 0 saturated heterocycles. The molecule has 5 nitrogen and oxygen atoms in total. The van der Waals surface area contributed by atoms with E-state index in [2.05, 4.69) is 10.7 Å². The number of carbonyl (C=O) groups excluding carboxylic acids is 2. The van der Waals surface area contributed by atoms with Gasteiger partial charge in [-0.15, -0.1) is 12.3 Å². The van der Waals surface area contributed by atoms with Crippen molar-refractivity contribution in [3.05, 3.63) is 0 Å². The third-order valence-electron chi connectivity index (χ3n) is 2.07. The molecule has 0 aliphatic heterocycles. The largest absolute Gasteiger partial charge is 0.466 e. The minimum atomic E-state index is -1.18. The van der Waals surface area contributed by atoms with Gasteiger partial charge in [-0.25, -0.2) is 0 Å². The van der Waals surface area contributed by atoms with Gasteiger partial charge < -0.3 is 14.6 Å². The molecule has 0 heterocycles. The number of hydrogen-bond acceptors (Lipinski definition) is 5. The Kier molecular flexibility index (Phi) is 7.82. The van der Waals surface area contributed by atoms with E-state index in [1.807, 2.05) is 0 Å². The Morgan fingerprint density at radius 1 is 1.29 bits per heavy atom. The van der Waals surface area contributed by atoms with Gasteiger partial charge in [-0.3, -0.25) is 9.59 Å². The maximum Gasteiger partial charge on any atom is 0.312 e. The summed E-state index contributed by atoms with van der Waals surface area (Å²) in [5.74, 6) is 0.237. The molecule has 0 aromatic rings. The third-order valence-corrected chi connectivity index (χ3v) is 2.07. The van der Waals surface area contributed by atoms with Crippen LogP contribution in [-0.4, -0.2) is 36.4 Å². The van der Waals surface area contributed by atoms with Crippen LogP contribution in [-0.2, 0) is 19.1 Å². The summed E-state index contributed by atoms with van der Waals surface area (Å²) in [5.41, 5.74) is 0. The summed E-state index contributed by atoms with van der Waals surface area (Å²) >= 11 is 0. The summed E-state index contributed by atoms with van der Waals surface area (Å²) in [5, 5.41) is 9.74. The summed E-state index contributed by atoms with van der Waals surface area (Å²) in [6.07, 6.45) is 3.69. The lowest BCUT2D eigenvalue weighted by atomic mass is 9.96. The van der Waals surface area contributed by atoms with Crippen LogP contribution in [0.2, 0.25) is 0 Å². The standard InChI is InChI=1S/C12H18O5/c1-4-7-9(12(15)17-6-3)10(13)8-11(14)16-5-2/h1,9-10,13H,5-8H2,2-3H3/t9-,10-/m1/s1. The molecule has 0 aromatic carbocycles. The molecule has 0 rings (SSSR count). The second kappa shape index (κ2) is 8.59. The smallest absolute Gasteiger partial charge is 0.312 e. The maximum atomic E-state index is 11.5. The van der Waals surface area contributed by atoms with Gasteiger partial charge >= 0.3 is 11.9 Å². The highest BCUT2D eigenvalue weighted by Gasteiger charge is 2.29. The van der Waals surface area contributed by atoms with Crippen molar-refractivity contribution in [1.82, 2.24) is 0 Å². The summed E-state index contributed by atoms with van der Waals surface area (Å²) in [4.78, 5) is 22.6. The van der Waals surface area contributed by atoms with Crippen molar-refractivity contribution >= 4 is 11.9 Å². The Bertz CT molecular complexity index is 292. The highest BCUT2D eigenvalue weighted by molar-refractivity contribution is 5.76. The van der Waals surface area contributed by atoms with Gasteiger partial charge in [0.1, 0.15) is 0 Å². The summed E-state index contributed by atoms with van der Waals surface area (Å²) in [6, 6.07) is 0. The number of esters is 2. The van der Waals surface area contributed by atoms with Gasteiger partial charge in [0.25, 0.3) is 0 Å². The van der Waals surface area contributed by atoms with Crippen LogP contribution in [0.25, 0.3) is 0 Å². The lowest BCUT2D eigenvalue weighted by molar-refractivity contribution is -0.154. The molecule has 96 valence electrons. The Hall–Kier alpha value is -1.54. The van der Waals surface area contributed by atoms with Gasteiger partial charge in [0.2, 0.25) is 0 Å². The summed E-state index contributed by atoms with van der Waals surface area (Å²) < 4.78 is 9.45. The van der Waals surface area contributed by atoms with Crippen LogP contribution in [0, 0.1) is 18.3 Å². The average Bonchev–Trinajstić information content (AvgIpc) is 2.26. The van der Waals surface area contributed by atoms with Crippen molar-refractivity contribution in [2.45, 2.75) is 32.8 Å².